The van der Waals surface area contributed by atoms with Crippen LogP contribution in [0.2, 0.25) is 5.02 Å². The summed E-state index contributed by atoms with van der Waals surface area (Å²) in [4.78, 5) is 26.1. The van der Waals surface area contributed by atoms with Crippen LogP contribution < -0.4 is 10.1 Å². The average molecular weight is 444 g/mol. The highest BCUT2D eigenvalue weighted by Crippen LogP contribution is 2.41. The lowest BCUT2D eigenvalue weighted by molar-refractivity contribution is -0.118. The van der Waals surface area contributed by atoms with Gasteiger partial charge in [0.05, 0.1) is 12.1 Å². The maximum Gasteiger partial charge on any atom is 0.341 e. The number of methoxy groups -OCH3 is 1. The number of esters is 1. The van der Waals surface area contributed by atoms with Crippen LogP contribution in [0.15, 0.2) is 48.5 Å². The van der Waals surface area contributed by atoms with E-state index in [-0.39, 0.29) is 12.5 Å². The van der Waals surface area contributed by atoms with Gasteiger partial charge in [-0.3, -0.25) is 4.79 Å². The van der Waals surface area contributed by atoms with Gasteiger partial charge in [-0.2, -0.15) is 0 Å². The number of amides is 1. The topological polar surface area (TPSA) is 64.6 Å². The summed E-state index contributed by atoms with van der Waals surface area (Å²) in [5.41, 5.74) is 3.01. The Kier molecular flexibility index (Phi) is 7.13. The van der Waals surface area contributed by atoms with Crippen LogP contribution in [-0.2, 0) is 16.0 Å². The van der Waals surface area contributed by atoms with Crippen molar-refractivity contribution in [1.82, 2.24) is 0 Å². The number of aryl methyl sites for hydroxylation is 2. The quantitative estimate of drug-likeness (QED) is 0.472. The smallest absolute Gasteiger partial charge is 0.341 e. The van der Waals surface area contributed by atoms with Gasteiger partial charge in [0.1, 0.15) is 16.3 Å². The molecule has 1 amide bonds. The third-order valence-electron chi connectivity index (χ3n) is 4.45. The molecule has 0 aliphatic heterocycles. The molecule has 5 nitrogen and oxygen atoms in total. The van der Waals surface area contributed by atoms with Crippen LogP contribution >= 0.6 is 22.9 Å². The summed E-state index contributed by atoms with van der Waals surface area (Å²) < 4.78 is 10.6. The van der Waals surface area contributed by atoms with Crippen LogP contribution in [0.25, 0.3) is 11.1 Å². The Morgan fingerprint density at radius 2 is 1.87 bits per heavy atom. The van der Waals surface area contributed by atoms with E-state index in [4.69, 9.17) is 21.1 Å². The molecule has 0 radical (unpaired) electrons. The van der Waals surface area contributed by atoms with E-state index >= 15 is 0 Å². The fourth-order valence-corrected chi connectivity index (χ4v) is 4.39. The second kappa shape index (κ2) is 9.78. The summed E-state index contributed by atoms with van der Waals surface area (Å²) in [6.45, 7) is 3.69. The molecule has 30 heavy (non-hydrogen) atoms. The number of rotatable bonds is 7. The Morgan fingerprint density at radius 1 is 1.13 bits per heavy atom. The van der Waals surface area contributed by atoms with E-state index in [1.54, 1.807) is 12.1 Å². The average Bonchev–Trinajstić information content (AvgIpc) is 3.12. The van der Waals surface area contributed by atoms with Crippen molar-refractivity contribution in [3.8, 4) is 16.9 Å². The normalized spacial score (nSPS) is 10.5. The van der Waals surface area contributed by atoms with Crippen LogP contribution in [0.4, 0.5) is 5.00 Å². The molecular weight excluding hydrogens is 422 g/mol. The first-order chi connectivity index (χ1) is 14.4. The molecule has 0 saturated carbocycles. The van der Waals surface area contributed by atoms with Gasteiger partial charge in [-0.15, -0.1) is 11.3 Å². The molecule has 1 heterocycles. The van der Waals surface area contributed by atoms with Gasteiger partial charge in [-0.1, -0.05) is 54.9 Å². The predicted octanol–water partition coefficient (Wildman–Crippen LogP) is 5.74. The highest BCUT2D eigenvalue weighted by atomic mass is 35.5. The van der Waals surface area contributed by atoms with E-state index in [0.29, 0.717) is 27.8 Å². The Hall–Kier alpha value is -2.83. The first-order valence-corrected chi connectivity index (χ1v) is 10.6. The van der Waals surface area contributed by atoms with Crippen molar-refractivity contribution in [3.05, 3.63) is 69.6 Å². The number of hydrogen-bond acceptors (Lipinski definition) is 5. The molecule has 3 aromatic rings. The molecule has 1 N–H and O–H groups in total. The van der Waals surface area contributed by atoms with E-state index in [9.17, 15) is 9.59 Å². The van der Waals surface area contributed by atoms with Crippen LogP contribution in [0.5, 0.6) is 5.75 Å². The van der Waals surface area contributed by atoms with Crippen molar-refractivity contribution >= 4 is 39.8 Å². The lowest BCUT2D eigenvalue weighted by Gasteiger charge is -2.10. The van der Waals surface area contributed by atoms with Gasteiger partial charge in [-0.05, 0) is 36.6 Å². The number of carbonyl (C=O) groups excluding carboxylic acids is 2. The van der Waals surface area contributed by atoms with Crippen molar-refractivity contribution in [2.45, 2.75) is 20.3 Å². The minimum atomic E-state index is -0.497. The lowest BCUT2D eigenvalue weighted by atomic mass is 10.0. The zero-order chi connectivity index (χ0) is 21.7. The molecule has 2 aromatic carbocycles. The van der Waals surface area contributed by atoms with Crippen molar-refractivity contribution in [2.24, 2.45) is 0 Å². The molecule has 0 aliphatic rings. The van der Waals surface area contributed by atoms with E-state index in [2.05, 4.69) is 5.32 Å². The number of thiophene rings is 1. The third kappa shape index (κ3) is 4.83. The molecule has 0 saturated heterocycles. The van der Waals surface area contributed by atoms with Gasteiger partial charge in [0.2, 0.25) is 0 Å². The standard InChI is InChI=1S/C23H22ClNO4S/c1-4-18-20(15-8-6-5-7-9-15)21(23(27)28-3)22(30-18)25-19(26)13-29-17-12-14(2)10-11-16(17)24/h5-12H,4,13H2,1-3H3,(H,25,26). The van der Waals surface area contributed by atoms with E-state index < -0.39 is 5.97 Å². The minimum Gasteiger partial charge on any atom is -0.482 e. The van der Waals surface area contributed by atoms with Crippen molar-refractivity contribution < 1.29 is 19.1 Å². The summed E-state index contributed by atoms with van der Waals surface area (Å²) in [5, 5.41) is 3.68. The molecule has 3 rings (SSSR count). The van der Waals surface area contributed by atoms with Crippen LogP contribution in [0.1, 0.15) is 27.7 Å². The zero-order valence-electron chi connectivity index (χ0n) is 17.0. The molecule has 156 valence electrons. The molecule has 0 bridgehead atoms. The highest BCUT2D eigenvalue weighted by molar-refractivity contribution is 7.17. The van der Waals surface area contributed by atoms with Crippen molar-refractivity contribution in [2.75, 3.05) is 19.0 Å². The Labute approximate surface area is 184 Å². The molecule has 0 atom stereocenters. The molecule has 7 heteroatoms. The van der Waals surface area contributed by atoms with Gasteiger partial charge < -0.3 is 14.8 Å². The molecule has 0 spiro atoms. The van der Waals surface area contributed by atoms with Gasteiger partial charge in [0.15, 0.2) is 6.61 Å². The molecule has 0 unspecified atom stereocenters. The number of benzene rings is 2. The number of carbonyl (C=O) groups is 2. The van der Waals surface area contributed by atoms with Gasteiger partial charge >= 0.3 is 5.97 Å². The summed E-state index contributed by atoms with van der Waals surface area (Å²) in [5.74, 6) is -0.450. The summed E-state index contributed by atoms with van der Waals surface area (Å²) in [7, 11) is 1.33. The monoisotopic (exact) mass is 443 g/mol. The Balaban J connectivity index is 1.88. The lowest BCUT2D eigenvalue weighted by Crippen LogP contribution is -2.21. The van der Waals surface area contributed by atoms with Gasteiger partial charge in [0, 0.05) is 10.4 Å². The molecule has 0 aliphatic carbocycles. The van der Waals surface area contributed by atoms with E-state index in [0.717, 1.165) is 21.6 Å². The first kappa shape index (κ1) is 21.9. The summed E-state index contributed by atoms with van der Waals surface area (Å²) in [6.07, 6.45) is 0.712. The van der Waals surface area contributed by atoms with E-state index in [1.165, 1.54) is 18.4 Å². The molecule has 0 fully saturated rings. The first-order valence-electron chi connectivity index (χ1n) is 9.42. The summed E-state index contributed by atoms with van der Waals surface area (Å²) >= 11 is 7.49. The van der Waals surface area contributed by atoms with Crippen LogP contribution in [0, 0.1) is 6.92 Å². The van der Waals surface area contributed by atoms with Crippen LogP contribution in [-0.4, -0.2) is 25.6 Å². The third-order valence-corrected chi connectivity index (χ3v) is 6.01. The predicted molar refractivity (Wildman–Crippen MR) is 121 cm³/mol. The number of anilines is 1. The van der Waals surface area contributed by atoms with Crippen molar-refractivity contribution in [3.63, 3.8) is 0 Å². The largest absolute Gasteiger partial charge is 0.482 e. The van der Waals surface area contributed by atoms with Crippen molar-refractivity contribution in [1.29, 1.82) is 0 Å². The Morgan fingerprint density at radius 3 is 2.53 bits per heavy atom. The fraction of sp³-hybridized carbons (Fsp3) is 0.217. The van der Waals surface area contributed by atoms with Crippen LogP contribution in [0.3, 0.4) is 0 Å². The Bertz CT molecular complexity index is 1060. The number of hydrogen-bond donors (Lipinski definition) is 1. The number of ether oxygens (including phenoxy) is 2. The maximum absolute atomic E-state index is 12.6. The SMILES string of the molecule is CCc1sc(NC(=O)COc2cc(C)ccc2Cl)c(C(=O)OC)c1-c1ccccc1. The second-order valence-corrected chi connectivity index (χ2v) is 8.10. The van der Waals surface area contributed by atoms with E-state index in [1.807, 2.05) is 50.2 Å². The number of halogens is 1. The zero-order valence-corrected chi connectivity index (χ0v) is 18.5. The van der Waals surface area contributed by atoms with Gasteiger partial charge in [0.25, 0.3) is 5.91 Å². The molecular formula is C23H22ClNO4S. The molecule has 1 aromatic heterocycles. The van der Waals surface area contributed by atoms with Gasteiger partial charge in [-0.25, -0.2) is 4.79 Å². The highest BCUT2D eigenvalue weighted by Gasteiger charge is 2.26. The minimum absolute atomic E-state index is 0.232. The maximum atomic E-state index is 12.6. The second-order valence-electron chi connectivity index (χ2n) is 6.59. The number of nitrogens with one attached hydrogen (secondary N) is 1. The summed E-state index contributed by atoms with van der Waals surface area (Å²) in [6, 6.07) is 14.9. The fourth-order valence-electron chi connectivity index (χ4n) is 3.05.